The Morgan fingerprint density at radius 2 is 1.74 bits per heavy atom. The molecule has 1 aliphatic heterocycles. The van der Waals surface area contributed by atoms with Gasteiger partial charge >= 0.3 is 0 Å². The molecule has 1 saturated carbocycles. The lowest BCUT2D eigenvalue weighted by molar-refractivity contribution is 0.0633. The molecule has 0 radical (unpaired) electrons. The summed E-state index contributed by atoms with van der Waals surface area (Å²) < 4.78 is 0. The molecular formula is C30H29N3O. The average Bonchev–Trinajstić information content (AvgIpc) is 3.42. The highest BCUT2D eigenvalue weighted by Crippen LogP contribution is 2.40. The van der Waals surface area contributed by atoms with Crippen molar-refractivity contribution in [2.45, 2.75) is 44.6 Å². The number of hydrogen-bond acceptors (Lipinski definition) is 3. The Bertz CT molecular complexity index is 1330. The van der Waals surface area contributed by atoms with E-state index in [1.807, 2.05) is 48.5 Å². The van der Waals surface area contributed by atoms with E-state index in [2.05, 4.69) is 34.1 Å². The second-order valence-corrected chi connectivity index (χ2v) is 9.64. The van der Waals surface area contributed by atoms with Gasteiger partial charge in [0.15, 0.2) is 5.65 Å². The van der Waals surface area contributed by atoms with Crippen molar-refractivity contribution in [1.82, 2.24) is 14.9 Å². The summed E-state index contributed by atoms with van der Waals surface area (Å²) in [5.74, 6) is 0.789. The van der Waals surface area contributed by atoms with E-state index >= 15 is 0 Å². The van der Waals surface area contributed by atoms with Crippen molar-refractivity contribution in [3.05, 3.63) is 95.7 Å². The van der Waals surface area contributed by atoms with E-state index in [1.54, 1.807) is 6.20 Å². The molecule has 1 fully saturated rings. The Kier molecular flexibility index (Phi) is 5.58. The van der Waals surface area contributed by atoms with Crippen LogP contribution in [0.1, 0.15) is 59.6 Å². The van der Waals surface area contributed by atoms with E-state index in [-0.39, 0.29) is 11.9 Å². The van der Waals surface area contributed by atoms with Gasteiger partial charge in [-0.2, -0.15) is 0 Å². The fourth-order valence-corrected chi connectivity index (χ4v) is 5.86. The molecule has 1 unspecified atom stereocenters. The van der Waals surface area contributed by atoms with E-state index in [4.69, 9.17) is 4.98 Å². The lowest BCUT2D eigenvalue weighted by atomic mass is 9.85. The highest BCUT2D eigenvalue weighted by Gasteiger charge is 2.34. The second kappa shape index (κ2) is 9.02. The fourth-order valence-electron chi connectivity index (χ4n) is 5.86. The van der Waals surface area contributed by atoms with Gasteiger partial charge in [0.1, 0.15) is 0 Å². The number of amides is 1. The van der Waals surface area contributed by atoms with E-state index in [0.29, 0.717) is 17.1 Å². The van der Waals surface area contributed by atoms with Crippen LogP contribution in [0.2, 0.25) is 0 Å². The molecule has 170 valence electrons. The molecule has 2 aromatic carbocycles. The highest BCUT2D eigenvalue weighted by atomic mass is 16.2. The Morgan fingerprint density at radius 1 is 0.941 bits per heavy atom. The summed E-state index contributed by atoms with van der Waals surface area (Å²) in [6.45, 7) is 0.748. The predicted octanol–water partition coefficient (Wildman–Crippen LogP) is 6.62. The minimum Gasteiger partial charge on any atom is -0.331 e. The second-order valence-electron chi connectivity index (χ2n) is 9.64. The van der Waals surface area contributed by atoms with Crippen molar-refractivity contribution in [1.29, 1.82) is 0 Å². The van der Waals surface area contributed by atoms with Crippen molar-refractivity contribution in [3.63, 3.8) is 0 Å². The maximum absolute atomic E-state index is 14.3. The van der Waals surface area contributed by atoms with Gasteiger partial charge in [0.05, 0.1) is 17.3 Å². The van der Waals surface area contributed by atoms with Crippen molar-refractivity contribution in [2.75, 3.05) is 6.54 Å². The number of rotatable bonds is 4. The van der Waals surface area contributed by atoms with Gasteiger partial charge < -0.3 is 4.90 Å². The van der Waals surface area contributed by atoms with Crippen LogP contribution in [-0.4, -0.2) is 27.3 Å². The molecule has 1 atom stereocenters. The minimum atomic E-state index is 0.0927. The van der Waals surface area contributed by atoms with E-state index in [0.717, 1.165) is 36.0 Å². The van der Waals surface area contributed by atoms with E-state index in [1.165, 1.54) is 36.8 Å². The van der Waals surface area contributed by atoms with Gasteiger partial charge in [0, 0.05) is 23.7 Å². The summed E-state index contributed by atoms with van der Waals surface area (Å²) in [7, 11) is 0. The van der Waals surface area contributed by atoms with Crippen molar-refractivity contribution in [3.8, 4) is 11.3 Å². The number of nitrogens with zero attached hydrogens (tertiary/aromatic N) is 3. The Morgan fingerprint density at radius 3 is 2.59 bits per heavy atom. The first-order chi connectivity index (χ1) is 16.8. The summed E-state index contributed by atoms with van der Waals surface area (Å²) in [5, 5.41) is 0.825. The smallest absolute Gasteiger partial charge is 0.255 e. The zero-order valence-corrected chi connectivity index (χ0v) is 19.4. The van der Waals surface area contributed by atoms with Crippen LogP contribution in [0, 0.1) is 5.92 Å². The Labute approximate surface area is 200 Å². The third-order valence-electron chi connectivity index (χ3n) is 7.59. The van der Waals surface area contributed by atoms with Gasteiger partial charge in [0.2, 0.25) is 0 Å². The molecule has 0 spiro atoms. The molecule has 4 nitrogen and oxygen atoms in total. The average molecular weight is 448 g/mol. The number of pyridine rings is 2. The zero-order valence-electron chi connectivity index (χ0n) is 19.4. The lowest BCUT2D eigenvalue weighted by Crippen LogP contribution is -2.41. The van der Waals surface area contributed by atoms with E-state index < -0.39 is 0 Å². The summed E-state index contributed by atoms with van der Waals surface area (Å²) >= 11 is 0. The SMILES string of the molecule is O=C(c1cc(-c2ccccc2)nc2ncccc12)N1CCc2ccccc2C1CC1CCCC1. The molecule has 2 aromatic heterocycles. The Balaban J connectivity index is 1.44. The first-order valence-electron chi connectivity index (χ1n) is 12.5. The minimum absolute atomic E-state index is 0.0927. The van der Waals surface area contributed by atoms with E-state index in [9.17, 15) is 4.79 Å². The zero-order chi connectivity index (χ0) is 22.9. The largest absolute Gasteiger partial charge is 0.331 e. The maximum atomic E-state index is 14.3. The highest BCUT2D eigenvalue weighted by molar-refractivity contribution is 6.06. The number of aromatic nitrogens is 2. The summed E-state index contributed by atoms with van der Waals surface area (Å²) in [6.07, 6.45) is 8.88. The van der Waals surface area contributed by atoms with Crippen molar-refractivity contribution < 1.29 is 4.79 Å². The van der Waals surface area contributed by atoms with Gasteiger partial charge in [-0.05, 0) is 48.1 Å². The summed E-state index contributed by atoms with van der Waals surface area (Å²) in [4.78, 5) is 25.7. The molecule has 4 aromatic rings. The molecule has 34 heavy (non-hydrogen) atoms. The lowest BCUT2D eigenvalue weighted by Gasteiger charge is -2.39. The molecule has 4 heteroatoms. The fraction of sp³-hybridized carbons (Fsp3) is 0.300. The third kappa shape index (κ3) is 3.87. The van der Waals surface area contributed by atoms with Gasteiger partial charge in [-0.15, -0.1) is 0 Å². The molecule has 3 heterocycles. The number of fused-ring (bicyclic) bond motifs is 2. The van der Waals surface area contributed by atoms with Crippen molar-refractivity contribution >= 4 is 16.9 Å². The predicted molar refractivity (Wildman–Crippen MR) is 135 cm³/mol. The summed E-state index contributed by atoms with van der Waals surface area (Å²) in [6, 6.07) is 24.7. The molecule has 0 N–H and O–H groups in total. The first kappa shape index (κ1) is 21.0. The van der Waals surface area contributed by atoms with Crippen LogP contribution in [0.15, 0.2) is 79.0 Å². The standard InChI is InChI=1S/C30H29N3O/c34-30(26-20-27(23-12-2-1-3-13-23)32-29-25(26)15-8-17-31-29)33-18-16-22-11-6-7-14-24(22)28(33)19-21-9-4-5-10-21/h1-3,6-8,11-15,17,20-21,28H,4-5,9-10,16,18-19H2. The topological polar surface area (TPSA) is 46.1 Å². The Hall–Kier alpha value is -3.53. The normalized spacial score (nSPS) is 18.2. The number of benzene rings is 2. The van der Waals surface area contributed by atoms with Crippen LogP contribution < -0.4 is 0 Å². The number of hydrogen-bond donors (Lipinski definition) is 0. The van der Waals surface area contributed by atoms with Gasteiger partial charge in [-0.25, -0.2) is 9.97 Å². The number of carbonyl (C=O) groups is 1. The van der Waals surface area contributed by atoms with Crippen LogP contribution in [0.4, 0.5) is 0 Å². The van der Waals surface area contributed by atoms with Crippen molar-refractivity contribution in [2.24, 2.45) is 5.92 Å². The molecule has 6 rings (SSSR count). The maximum Gasteiger partial charge on any atom is 0.255 e. The van der Waals surface area contributed by atoms with Crippen LogP contribution in [0.25, 0.3) is 22.3 Å². The molecule has 0 bridgehead atoms. The summed E-state index contributed by atoms with van der Waals surface area (Å²) in [5.41, 5.74) is 5.83. The first-order valence-corrected chi connectivity index (χ1v) is 12.5. The van der Waals surface area contributed by atoms with Crippen LogP contribution >= 0.6 is 0 Å². The molecule has 1 aliphatic carbocycles. The quantitative estimate of drug-likeness (QED) is 0.353. The monoisotopic (exact) mass is 447 g/mol. The number of carbonyl (C=O) groups excluding carboxylic acids is 1. The van der Waals surface area contributed by atoms with Crippen LogP contribution in [0.3, 0.4) is 0 Å². The third-order valence-corrected chi connectivity index (χ3v) is 7.59. The van der Waals surface area contributed by atoms with Crippen LogP contribution in [-0.2, 0) is 6.42 Å². The van der Waals surface area contributed by atoms with Gasteiger partial charge in [0.25, 0.3) is 5.91 Å². The van der Waals surface area contributed by atoms with Gasteiger partial charge in [-0.1, -0.05) is 80.3 Å². The molecule has 0 saturated heterocycles. The molecule has 1 amide bonds. The van der Waals surface area contributed by atoms with Crippen LogP contribution in [0.5, 0.6) is 0 Å². The molecule has 2 aliphatic rings. The molecular weight excluding hydrogens is 418 g/mol. The van der Waals surface area contributed by atoms with Gasteiger partial charge in [-0.3, -0.25) is 4.79 Å².